The highest BCUT2D eigenvalue weighted by atomic mass is 35.5. The minimum absolute atomic E-state index is 0.0886. The SMILES string of the molecule is COc1ccc(CC(=O)N(Cc2ccccn2)c2nc3c(OC)ccc(Cl)c3s2)cc1C. The molecule has 2 aromatic carbocycles. The molecule has 0 bridgehead atoms. The van der Waals surface area contributed by atoms with Crippen LogP contribution in [0.3, 0.4) is 0 Å². The van der Waals surface area contributed by atoms with Gasteiger partial charge in [-0.05, 0) is 48.4 Å². The number of hydrogen-bond donors (Lipinski definition) is 0. The second-order valence-corrected chi connectivity index (χ2v) is 8.59. The van der Waals surface area contributed by atoms with Crippen molar-refractivity contribution in [1.29, 1.82) is 0 Å². The number of pyridine rings is 1. The third-order valence-corrected chi connectivity index (χ3v) is 6.60. The van der Waals surface area contributed by atoms with Crippen LogP contribution in [0.15, 0.2) is 54.7 Å². The highest BCUT2D eigenvalue weighted by Gasteiger charge is 2.23. The predicted molar refractivity (Wildman–Crippen MR) is 128 cm³/mol. The molecule has 0 aliphatic heterocycles. The van der Waals surface area contributed by atoms with Gasteiger partial charge in [-0.2, -0.15) is 0 Å². The number of anilines is 1. The van der Waals surface area contributed by atoms with Crippen molar-refractivity contribution >= 4 is 44.2 Å². The van der Waals surface area contributed by atoms with E-state index in [-0.39, 0.29) is 12.3 Å². The number of hydrogen-bond acceptors (Lipinski definition) is 6. The van der Waals surface area contributed by atoms with E-state index in [0.717, 1.165) is 27.3 Å². The van der Waals surface area contributed by atoms with E-state index in [9.17, 15) is 4.79 Å². The van der Waals surface area contributed by atoms with Gasteiger partial charge < -0.3 is 9.47 Å². The molecule has 0 atom stereocenters. The van der Waals surface area contributed by atoms with Crippen LogP contribution in [0.5, 0.6) is 11.5 Å². The largest absolute Gasteiger partial charge is 0.496 e. The normalized spacial score (nSPS) is 10.9. The molecule has 32 heavy (non-hydrogen) atoms. The van der Waals surface area contributed by atoms with E-state index in [4.69, 9.17) is 26.1 Å². The molecule has 0 saturated carbocycles. The van der Waals surface area contributed by atoms with E-state index in [1.54, 1.807) is 37.4 Å². The van der Waals surface area contributed by atoms with Crippen LogP contribution in [0, 0.1) is 6.92 Å². The van der Waals surface area contributed by atoms with Crippen molar-refractivity contribution in [3.8, 4) is 11.5 Å². The summed E-state index contributed by atoms with van der Waals surface area (Å²) < 4.78 is 11.6. The van der Waals surface area contributed by atoms with Crippen LogP contribution in [-0.2, 0) is 17.8 Å². The van der Waals surface area contributed by atoms with E-state index in [1.807, 2.05) is 43.3 Å². The van der Waals surface area contributed by atoms with Crippen LogP contribution >= 0.6 is 22.9 Å². The summed E-state index contributed by atoms with van der Waals surface area (Å²) in [5, 5.41) is 1.12. The number of carbonyl (C=O) groups excluding carboxylic acids is 1. The number of rotatable bonds is 7. The molecule has 0 radical (unpaired) electrons. The Morgan fingerprint density at radius 1 is 1.09 bits per heavy atom. The molecule has 6 nitrogen and oxygen atoms in total. The summed E-state index contributed by atoms with van der Waals surface area (Å²) in [5.74, 6) is 1.32. The van der Waals surface area contributed by atoms with Crippen molar-refractivity contribution in [2.24, 2.45) is 0 Å². The van der Waals surface area contributed by atoms with Gasteiger partial charge in [0.15, 0.2) is 5.13 Å². The van der Waals surface area contributed by atoms with Gasteiger partial charge in [-0.25, -0.2) is 4.98 Å². The second kappa shape index (κ2) is 9.54. The maximum Gasteiger partial charge on any atom is 0.233 e. The van der Waals surface area contributed by atoms with E-state index in [0.29, 0.717) is 28.0 Å². The van der Waals surface area contributed by atoms with Gasteiger partial charge in [-0.15, -0.1) is 0 Å². The zero-order valence-corrected chi connectivity index (χ0v) is 19.5. The summed E-state index contributed by atoms with van der Waals surface area (Å²) in [7, 11) is 3.22. The Bertz CT molecular complexity index is 1260. The van der Waals surface area contributed by atoms with E-state index in [1.165, 1.54) is 11.3 Å². The van der Waals surface area contributed by atoms with Crippen molar-refractivity contribution in [1.82, 2.24) is 9.97 Å². The molecule has 0 spiro atoms. The molecule has 8 heteroatoms. The Balaban J connectivity index is 1.72. The Morgan fingerprint density at radius 3 is 2.56 bits per heavy atom. The molecule has 4 aromatic rings. The number of benzene rings is 2. The quantitative estimate of drug-likeness (QED) is 0.362. The zero-order valence-electron chi connectivity index (χ0n) is 18.0. The lowest BCUT2D eigenvalue weighted by Crippen LogP contribution is -2.32. The van der Waals surface area contributed by atoms with Crippen molar-refractivity contribution in [3.05, 3.63) is 76.6 Å². The minimum atomic E-state index is -0.0886. The molecule has 0 N–H and O–H groups in total. The number of amides is 1. The molecule has 2 aromatic heterocycles. The van der Waals surface area contributed by atoms with Crippen molar-refractivity contribution in [2.75, 3.05) is 19.1 Å². The number of nitrogens with zero attached hydrogens (tertiary/aromatic N) is 3. The van der Waals surface area contributed by atoms with Crippen LogP contribution in [0.25, 0.3) is 10.2 Å². The van der Waals surface area contributed by atoms with Crippen LogP contribution in [0.4, 0.5) is 5.13 Å². The molecular weight excluding hydrogens is 446 g/mol. The summed E-state index contributed by atoms with van der Waals surface area (Å²) in [6, 6.07) is 14.9. The average molecular weight is 468 g/mol. The lowest BCUT2D eigenvalue weighted by atomic mass is 10.1. The third-order valence-electron chi connectivity index (χ3n) is 5.06. The monoisotopic (exact) mass is 467 g/mol. The molecular formula is C24H22ClN3O3S. The number of aryl methyl sites for hydroxylation is 1. The topological polar surface area (TPSA) is 64.5 Å². The highest BCUT2D eigenvalue weighted by molar-refractivity contribution is 7.23. The molecule has 0 aliphatic rings. The van der Waals surface area contributed by atoms with Gasteiger partial charge in [-0.1, -0.05) is 41.1 Å². The summed E-state index contributed by atoms with van der Waals surface area (Å²) in [4.78, 5) is 24.2. The minimum Gasteiger partial charge on any atom is -0.496 e. The second-order valence-electron chi connectivity index (χ2n) is 7.21. The van der Waals surface area contributed by atoms with Gasteiger partial charge >= 0.3 is 0 Å². The summed E-state index contributed by atoms with van der Waals surface area (Å²) >= 11 is 7.77. The number of thiazole rings is 1. The Hall–Kier alpha value is -3.16. The first-order valence-electron chi connectivity index (χ1n) is 9.97. The van der Waals surface area contributed by atoms with E-state index < -0.39 is 0 Å². The summed E-state index contributed by atoms with van der Waals surface area (Å²) in [6.45, 7) is 2.26. The number of aromatic nitrogens is 2. The molecule has 1 amide bonds. The summed E-state index contributed by atoms with van der Waals surface area (Å²) in [5.41, 5.74) is 3.28. The average Bonchev–Trinajstić information content (AvgIpc) is 3.24. The molecule has 0 fully saturated rings. The van der Waals surface area contributed by atoms with Crippen LogP contribution in [0.1, 0.15) is 16.8 Å². The summed E-state index contributed by atoms with van der Waals surface area (Å²) in [6.07, 6.45) is 1.93. The zero-order chi connectivity index (χ0) is 22.7. The van der Waals surface area contributed by atoms with Crippen LogP contribution in [0.2, 0.25) is 5.02 Å². The number of halogens is 1. The number of carbonyl (C=O) groups is 1. The van der Waals surface area contributed by atoms with Crippen LogP contribution < -0.4 is 14.4 Å². The first kappa shape index (κ1) is 22.0. The molecule has 0 unspecified atom stereocenters. The first-order chi connectivity index (χ1) is 15.5. The van der Waals surface area contributed by atoms with Gasteiger partial charge in [0.2, 0.25) is 5.91 Å². The fourth-order valence-electron chi connectivity index (χ4n) is 3.46. The van der Waals surface area contributed by atoms with Gasteiger partial charge in [0, 0.05) is 6.20 Å². The van der Waals surface area contributed by atoms with Gasteiger partial charge in [0.25, 0.3) is 0 Å². The number of fused-ring (bicyclic) bond motifs is 1. The Morgan fingerprint density at radius 2 is 1.88 bits per heavy atom. The van der Waals surface area contributed by atoms with Gasteiger partial charge in [0.05, 0.1) is 42.6 Å². The Labute approximate surface area is 195 Å². The lowest BCUT2D eigenvalue weighted by Gasteiger charge is -2.20. The van der Waals surface area contributed by atoms with Gasteiger partial charge in [-0.3, -0.25) is 14.7 Å². The van der Waals surface area contributed by atoms with E-state index >= 15 is 0 Å². The van der Waals surface area contributed by atoms with Crippen molar-refractivity contribution < 1.29 is 14.3 Å². The van der Waals surface area contributed by atoms with Crippen molar-refractivity contribution in [3.63, 3.8) is 0 Å². The Kier molecular flexibility index (Phi) is 6.58. The lowest BCUT2D eigenvalue weighted by molar-refractivity contribution is -0.118. The number of methoxy groups -OCH3 is 2. The number of ether oxygens (including phenoxy) is 2. The first-order valence-corrected chi connectivity index (χ1v) is 11.2. The van der Waals surface area contributed by atoms with Crippen LogP contribution in [-0.4, -0.2) is 30.1 Å². The standard InChI is InChI=1S/C24H22ClN3O3S/c1-15-12-16(7-9-19(15)30-2)13-21(29)28(14-17-6-4-5-11-26-17)24-27-22-20(31-3)10-8-18(25)23(22)32-24/h4-12H,13-14H2,1-3H3. The maximum absolute atomic E-state index is 13.5. The fraction of sp³-hybridized carbons (Fsp3) is 0.208. The van der Waals surface area contributed by atoms with Crippen molar-refractivity contribution in [2.45, 2.75) is 19.9 Å². The molecule has 2 heterocycles. The molecule has 0 aliphatic carbocycles. The fourth-order valence-corrected chi connectivity index (χ4v) is 4.73. The highest BCUT2D eigenvalue weighted by Crippen LogP contribution is 2.39. The third kappa shape index (κ3) is 4.54. The smallest absolute Gasteiger partial charge is 0.233 e. The predicted octanol–water partition coefficient (Wildman–Crippen LogP) is 5.45. The molecule has 164 valence electrons. The molecule has 4 rings (SSSR count). The van der Waals surface area contributed by atoms with Gasteiger partial charge in [0.1, 0.15) is 17.0 Å². The maximum atomic E-state index is 13.5. The van der Waals surface area contributed by atoms with E-state index in [2.05, 4.69) is 4.98 Å². The molecule has 0 saturated heterocycles.